The Balaban J connectivity index is 1.97. The maximum atomic E-state index is 9.90. The molecule has 0 spiro atoms. The lowest BCUT2D eigenvalue weighted by Gasteiger charge is -2.09. The fourth-order valence-corrected chi connectivity index (χ4v) is 2.27. The van der Waals surface area contributed by atoms with Crippen molar-refractivity contribution in [2.45, 2.75) is 6.92 Å². The number of hydrogen-bond donors (Lipinski definition) is 2. The van der Waals surface area contributed by atoms with Gasteiger partial charge in [-0.05, 0) is 37.3 Å². The van der Waals surface area contributed by atoms with Crippen LogP contribution in [0.15, 0.2) is 42.5 Å². The van der Waals surface area contributed by atoms with Gasteiger partial charge in [0.05, 0.1) is 19.3 Å². The van der Waals surface area contributed by atoms with Crippen LogP contribution in [0, 0.1) is 0 Å². The van der Waals surface area contributed by atoms with Crippen LogP contribution in [0.3, 0.4) is 0 Å². The topological polar surface area (TPSA) is 80.3 Å². The highest BCUT2D eigenvalue weighted by Gasteiger charge is 2.13. The van der Waals surface area contributed by atoms with Gasteiger partial charge in [-0.3, -0.25) is 5.10 Å². The van der Waals surface area contributed by atoms with E-state index in [9.17, 15) is 5.11 Å². The average Bonchev–Trinajstić information content (AvgIpc) is 3.05. The highest BCUT2D eigenvalue weighted by atomic mass is 16.5. The summed E-state index contributed by atoms with van der Waals surface area (Å²) in [5, 5.41) is 17.0. The van der Waals surface area contributed by atoms with Gasteiger partial charge in [-0.1, -0.05) is 12.1 Å². The number of phenols is 1. The maximum absolute atomic E-state index is 9.90. The molecular formula is C17H17N3O3. The molecule has 0 bridgehead atoms. The second-order valence-corrected chi connectivity index (χ2v) is 4.82. The summed E-state index contributed by atoms with van der Waals surface area (Å²) < 4.78 is 10.8. The fraction of sp³-hybridized carbons (Fsp3) is 0.176. The molecule has 0 aliphatic rings. The Morgan fingerprint density at radius 2 is 1.96 bits per heavy atom. The van der Waals surface area contributed by atoms with Crippen LogP contribution >= 0.6 is 0 Å². The highest BCUT2D eigenvalue weighted by Crippen LogP contribution is 2.32. The lowest BCUT2D eigenvalue weighted by Crippen LogP contribution is -1.96. The summed E-state index contributed by atoms with van der Waals surface area (Å²) in [5.74, 6) is 2.48. The van der Waals surface area contributed by atoms with E-state index in [1.165, 1.54) is 0 Å². The zero-order valence-electron chi connectivity index (χ0n) is 12.9. The lowest BCUT2D eigenvalue weighted by molar-refractivity contribution is 0.311. The van der Waals surface area contributed by atoms with Crippen molar-refractivity contribution < 1.29 is 14.6 Å². The first kappa shape index (κ1) is 14.9. The summed E-state index contributed by atoms with van der Waals surface area (Å²) in [4.78, 5) is 4.45. The number of rotatable bonds is 5. The number of hydrogen-bond acceptors (Lipinski definition) is 5. The second-order valence-electron chi connectivity index (χ2n) is 4.82. The van der Waals surface area contributed by atoms with Crippen molar-refractivity contribution >= 4 is 0 Å². The number of ether oxygens (including phenoxy) is 2. The standard InChI is InChI=1S/C17H17N3O3/c1-3-23-15-10-11(8-9-14(15)22-2)16-18-17(20-19-16)12-6-4-5-7-13(12)21/h4-10,21H,3H2,1-2H3,(H,18,19,20). The average molecular weight is 311 g/mol. The van der Waals surface area contributed by atoms with E-state index in [1.54, 1.807) is 25.3 Å². The van der Waals surface area contributed by atoms with Gasteiger partial charge in [0.1, 0.15) is 5.75 Å². The number of methoxy groups -OCH3 is 1. The van der Waals surface area contributed by atoms with Gasteiger partial charge < -0.3 is 14.6 Å². The monoisotopic (exact) mass is 311 g/mol. The van der Waals surface area contributed by atoms with E-state index in [4.69, 9.17) is 9.47 Å². The molecular weight excluding hydrogens is 294 g/mol. The quantitative estimate of drug-likeness (QED) is 0.756. The molecule has 6 heteroatoms. The Hall–Kier alpha value is -3.02. The fourth-order valence-electron chi connectivity index (χ4n) is 2.27. The smallest absolute Gasteiger partial charge is 0.181 e. The van der Waals surface area contributed by atoms with Crippen LogP contribution in [0.1, 0.15) is 6.92 Å². The molecule has 3 rings (SSSR count). The summed E-state index contributed by atoms with van der Waals surface area (Å²) in [6, 6.07) is 12.5. The van der Waals surface area contributed by atoms with E-state index in [1.807, 2.05) is 31.2 Å². The normalized spacial score (nSPS) is 10.5. The molecule has 0 amide bonds. The SMILES string of the molecule is CCOc1cc(-c2n[nH]c(-c3ccccc3O)n2)ccc1OC. The third-order valence-corrected chi connectivity index (χ3v) is 3.37. The summed E-state index contributed by atoms with van der Waals surface area (Å²) in [6.07, 6.45) is 0. The van der Waals surface area contributed by atoms with E-state index in [0.29, 0.717) is 35.3 Å². The van der Waals surface area contributed by atoms with Gasteiger partial charge in [0, 0.05) is 5.56 Å². The number of nitrogens with zero attached hydrogens (tertiary/aromatic N) is 2. The number of para-hydroxylation sites is 1. The maximum Gasteiger partial charge on any atom is 0.181 e. The van der Waals surface area contributed by atoms with Crippen LogP contribution in [0.5, 0.6) is 17.2 Å². The largest absolute Gasteiger partial charge is 0.507 e. The molecule has 0 radical (unpaired) electrons. The van der Waals surface area contributed by atoms with Crippen molar-refractivity contribution in [2.75, 3.05) is 13.7 Å². The Labute approximate surface area is 133 Å². The van der Waals surface area contributed by atoms with Crippen molar-refractivity contribution in [2.24, 2.45) is 0 Å². The molecule has 1 aromatic heterocycles. The van der Waals surface area contributed by atoms with E-state index in [2.05, 4.69) is 15.2 Å². The summed E-state index contributed by atoms with van der Waals surface area (Å²) in [6.45, 7) is 2.45. The highest BCUT2D eigenvalue weighted by molar-refractivity contribution is 5.67. The van der Waals surface area contributed by atoms with Crippen LogP contribution in [0.25, 0.3) is 22.8 Å². The summed E-state index contributed by atoms with van der Waals surface area (Å²) in [5.41, 5.74) is 1.40. The number of phenolic OH excluding ortho intramolecular Hbond substituents is 1. The zero-order valence-corrected chi connectivity index (χ0v) is 12.9. The number of aromatic nitrogens is 3. The molecule has 0 atom stereocenters. The molecule has 0 unspecified atom stereocenters. The van der Waals surface area contributed by atoms with Crippen molar-refractivity contribution in [3.8, 4) is 40.0 Å². The van der Waals surface area contributed by atoms with Gasteiger partial charge in [0.15, 0.2) is 23.1 Å². The zero-order chi connectivity index (χ0) is 16.2. The third-order valence-electron chi connectivity index (χ3n) is 3.37. The van der Waals surface area contributed by atoms with E-state index in [0.717, 1.165) is 5.56 Å². The van der Waals surface area contributed by atoms with Crippen molar-refractivity contribution in [1.29, 1.82) is 0 Å². The predicted molar refractivity (Wildman–Crippen MR) is 86.6 cm³/mol. The minimum Gasteiger partial charge on any atom is -0.507 e. The Morgan fingerprint density at radius 1 is 1.13 bits per heavy atom. The minimum atomic E-state index is 0.153. The van der Waals surface area contributed by atoms with Gasteiger partial charge >= 0.3 is 0 Å². The lowest BCUT2D eigenvalue weighted by atomic mass is 10.2. The molecule has 0 saturated heterocycles. The Morgan fingerprint density at radius 3 is 2.70 bits per heavy atom. The first-order valence-electron chi connectivity index (χ1n) is 7.25. The molecule has 3 aromatic rings. The van der Waals surface area contributed by atoms with Gasteiger partial charge in [-0.25, -0.2) is 4.98 Å². The number of aromatic hydroxyl groups is 1. The molecule has 2 aromatic carbocycles. The molecule has 0 aliphatic heterocycles. The number of benzene rings is 2. The second kappa shape index (κ2) is 6.39. The number of H-pyrrole nitrogens is 1. The van der Waals surface area contributed by atoms with Crippen molar-refractivity contribution in [1.82, 2.24) is 15.2 Å². The predicted octanol–water partition coefficient (Wildman–Crippen LogP) is 3.25. The molecule has 0 saturated carbocycles. The number of aromatic amines is 1. The van der Waals surface area contributed by atoms with Crippen molar-refractivity contribution in [3.63, 3.8) is 0 Å². The third kappa shape index (κ3) is 2.96. The summed E-state index contributed by atoms with van der Waals surface area (Å²) in [7, 11) is 1.60. The van der Waals surface area contributed by atoms with Gasteiger partial charge in [-0.15, -0.1) is 0 Å². The minimum absolute atomic E-state index is 0.153. The van der Waals surface area contributed by atoms with Gasteiger partial charge in [0.2, 0.25) is 0 Å². The Kier molecular flexibility index (Phi) is 4.14. The Bertz CT molecular complexity index is 814. The summed E-state index contributed by atoms with van der Waals surface area (Å²) >= 11 is 0. The van der Waals surface area contributed by atoms with Crippen LogP contribution in [-0.4, -0.2) is 34.0 Å². The molecule has 6 nitrogen and oxygen atoms in total. The molecule has 1 heterocycles. The van der Waals surface area contributed by atoms with Crippen LogP contribution < -0.4 is 9.47 Å². The number of nitrogens with one attached hydrogen (secondary N) is 1. The molecule has 0 fully saturated rings. The molecule has 118 valence electrons. The van der Waals surface area contributed by atoms with Crippen LogP contribution in [-0.2, 0) is 0 Å². The van der Waals surface area contributed by atoms with E-state index >= 15 is 0 Å². The van der Waals surface area contributed by atoms with Gasteiger partial charge in [0.25, 0.3) is 0 Å². The van der Waals surface area contributed by atoms with Crippen LogP contribution in [0.2, 0.25) is 0 Å². The first-order chi connectivity index (χ1) is 11.2. The first-order valence-corrected chi connectivity index (χ1v) is 7.25. The van der Waals surface area contributed by atoms with E-state index < -0.39 is 0 Å². The van der Waals surface area contributed by atoms with Crippen LogP contribution in [0.4, 0.5) is 0 Å². The van der Waals surface area contributed by atoms with Gasteiger partial charge in [-0.2, -0.15) is 5.10 Å². The molecule has 23 heavy (non-hydrogen) atoms. The van der Waals surface area contributed by atoms with E-state index in [-0.39, 0.29) is 5.75 Å². The van der Waals surface area contributed by atoms with Crippen molar-refractivity contribution in [3.05, 3.63) is 42.5 Å². The molecule has 0 aliphatic carbocycles. The molecule has 2 N–H and O–H groups in total.